The number of nitrogens with zero attached hydrogens (tertiary/aromatic N) is 1. The van der Waals surface area contributed by atoms with E-state index in [1.165, 1.54) is 11.8 Å². The standard InChI is InChI=1S/C26H23NO3S2/c1-17-9-11-21(18(2)13-17)27-25(28)24(32-26(27)31)15-20-10-12-22(23(14-20)29-3)30-16-19-7-5-4-6-8-19/h4-15H,16H2,1-3H3. The van der Waals surface area contributed by atoms with Crippen molar-refractivity contribution in [3.05, 3.63) is 93.9 Å². The highest BCUT2D eigenvalue weighted by atomic mass is 32.2. The van der Waals surface area contributed by atoms with Crippen molar-refractivity contribution >= 4 is 46.0 Å². The van der Waals surface area contributed by atoms with Gasteiger partial charge in [-0.1, -0.05) is 78.1 Å². The predicted octanol–water partition coefficient (Wildman–Crippen LogP) is 6.30. The summed E-state index contributed by atoms with van der Waals surface area (Å²) in [4.78, 5) is 15.3. The summed E-state index contributed by atoms with van der Waals surface area (Å²) in [7, 11) is 1.61. The first-order valence-corrected chi connectivity index (χ1v) is 11.4. The summed E-state index contributed by atoms with van der Waals surface area (Å²) >= 11 is 6.82. The van der Waals surface area contributed by atoms with Crippen LogP contribution in [0.15, 0.2) is 71.6 Å². The molecule has 1 aliphatic heterocycles. The summed E-state index contributed by atoms with van der Waals surface area (Å²) in [6.07, 6.45) is 1.84. The van der Waals surface area contributed by atoms with E-state index in [2.05, 4.69) is 6.07 Å². The first kappa shape index (κ1) is 22.1. The molecule has 4 rings (SSSR count). The molecule has 1 fully saturated rings. The minimum atomic E-state index is -0.115. The Morgan fingerprint density at radius 3 is 2.50 bits per heavy atom. The number of hydrogen-bond acceptors (Lipinski definition) is 5. The largest absolute Gasteiger partial charge is 0.493 e. The van der Waals surface area contributed by atoms with E-state index in [-0.39, 0.29) is 5.91 Å². The molecule has 1 aliphatic rings. The second kappa shape index (κ2) is 9.59. The summed E-state index contributed by atoms with van der Waals surface area (Å²) in [5, 5.41) is 0. The van der Waals surface area contributed by atoms with E-state index >= 15 is 0 Å². The van der Waals surface area contributed by atoms with E-state index in [0.717, 1.165) is 27.9 Å². The second-order valence-electron chi connectivity index (χ2n) is 7.49. The number of carbonyl (C=O) groups excluding carboxylic acids is 1. The zero-order valence-corrected chi connectivity index (χ0v) is 19.8. The molecule has 0 aliphatic carbocycles. The van der Waals surface area contributed by atoms with Crippen LogP contribution in [-0.2, 0) is 11.4 Å². The molecule has 0 atom stereocenters. The number of amides is 1. The van der Waals surface area contributed by atoms with Gasteiger partial charge in [0.15, 0.2) is 15.8 Å². The summed E-state index contributed by atoms with van der Waals surface area (Å²) in [5.74, 6) is 1.14. The van der Waals surface area contributed by atoms with Gasteiger partial charge in [-0.05, 0) is 54.8 Å². The minimum absolute atomic E-state index is 0.115. The van der Waals surface area contributed by atoms with Gasteiger partial charge in [0.1, 0.15) is 6.61 Å². The van der Waals surface area contributed by atoms with Crippen LogP contribution >= 0.6 is 24.0 Å². The maximum Gasteiger partial charge on any atom is 0.270 e. The molecule has 1 amide bonds. The average Bonchev–Trinajstić information content (AvgIpc) is 3.06. The maximum absolute atomic E-state index is 13.1. The van der Waals surface area contributed by atoms with Crippen molar-refractivity contribution in [3.63, 3.8) is 0 Å². The van der Waals surface area contributed by atoms with Crippen molar-refractivity contribution < 1.29 is 14.3 Å². The summed E-state index contributed by atoms with van der Waals surface area (Å²) in [6.45, 7) is 4.47. The molecule has 0 aromatic heterocycles. The van der Waals surface area contributed by atoms with Gasteiger partial charge >= 0.3 is 0 Å². The van der Waals surface area contributed by atoms with Crippen molar-refractivity contribution in [1.29, 1.82) is 0 Å². The highest BCUT2D eigenvalue weighted by molar-refractivity contribution is 8.27. The van der Waals surface area contributed by atoms with Crippen molar-refractivity contribution in [2.75, 3.05) is 12.0 Å². The smallest absolute Gasteiger partial charge is 0.270 e. The molecule has 0 N–H and O–H groups in total. The Kier molecular flexibility index (Phi) is 6.63. The summed E-state index contributed by atoms with van der Waals surface area (Å²) in [6, 6.07) is 21.6. The zero-order chi connectivity index (χ0) is 22.7. The van der Waals surface area contributed by atoms with Gasteiger partial charge in [-0.3, -0.25) is 9.69 Å². The lowest BCUT2D eigenvalue weighted by atomic mass is 10.1. The van der Waals surface area contributed by atoms with Crippen molar-refractivity contribution in [1.82, 2.24) is 0 Å². The molecule has 0 spiro atoms. The third kappa shape index (κ3) is 4.71. The molecule has 0 unspecified atom stereocenters. The molecule has 1 heterocycles. The van der Waals surface area contributed by atoms with Crippen LogP contribution in [0.2, 0.25) is 0 Å². The summed E-state index contributed by atoms with van der Waals surface area (Å²) < 4.78 is 12.0. The third-order valence-corrected chi connectivity index (χ3v) is 6.41. The first-order chi connectivity index (χ1) is 15.5. The van der Waals surface area contributed by atoms with Crippen molar-refractivity contribution in [2.45, 2.75) is 20.5 Å². The molecule has 0 saturated carbocycles. The van der Waals surface area contributed by atoms with Gasteiger partial charge in [-0.25, -0.2) is 0 Å². The second-order valence-corrected chi connectivity index (χ2v) is 9.17. The number of anilines is 1. The monoisotopic (exact) mass is 461 g/mol. The molecular formula is C26H23NO3S2. The highest BCUT2D eigenvalue weighted by Gasteiger charge is 2.34. The third-order valence-electron chi connectivity index (χ3n) is 5.11. The van der Waals surface area contributed by atoms with Crippen LogP contribution in [0.4, 0.5) is 5.69 Å². The van der Waals surface area contributed by atoms with E-state index in [4.69, 9.17) is 21.7 Å². The Morgan fingerprint density at radius 2 is 1.78 bits per heavy atom. The Balaban J connectivity index is 1.55. The van der Waals surface area contributed by atoms with E-state index in [1.807, 2.05) is 80.6 Å². The van der Waals surface area contributed by atoms with E-state index in [0.29, 0.717) is 27.3 Å². The van der Waals surface area contributed by atoms with Gasteiger partial charge in [-0.2, -0.15) is 0 Å². The van der Waals surface area contributed by atoms with Gasteiger partial charge in [-0.15, -0.1) is 0 Å². The van der Waals surface area contributed by atoms with E-state index < -0.39 is 0 Å². The fraction of sp³-hybridized carbons (Fsp3) is 0.154. The lowest BCUT2D eigenvalue weighted by Gasteiger charge is -2.17. The maximum atomic E-state index is 13.1. The molecule has 3 aromatic rings. The Bertz CT molecular complexity index is 1200. The van der Waals surface area contributed by atoms with E-state index in [1.54, 1.807) is 12.0 Å². The number of hydrogen-bond donors (Lipinski definition) is 0. The van der Waals surface area contributed by atoms with Crippen LogP contribution < -0.4 is 14.4 Å². The molecule has 32 heavy (non-hydrogen) atoms. The lowest BCUT2D eigenvalue weighted by molar-refractivity contribution is -0.113. The normalized spacial score (nSPS) is 14.8. The van der Waals surface area contributed by atoms with Crippen LogP contribution in [0.25, 0.3) is 6.08 Å². The number of benzene rings is 3. The fourth-order valence-corrected chi connectivity index (χ4v) is 4.80. The minimum Gasteiger partial charge on any atom is -0.493 e. The molecule has 3 aromatic carbocycles. The molecule has 162 valence electrons. The van der Waals surface area contributed by atoms with Crippen LogP contribution in [-0.4, -0.2) is 17.3 Å². The van der Waals surface area contributed by atoms with Gasteiger partial charge < -0.3 is 9.47 Å². The molecule has 0 bridgehead atoms. The van der Waals surface area contributed by atoms with Crippen LogP contribution in [0.3, 0.4) is 0 Å². The zero-order valence-electron chi connectivity index (χ0n) is 18.1. The molecule has 0 radical (unpaired) electrons. The molecular weight excluding hydrogens is 438 g/mol. The van der Waals surface area contributed by atoms with Gasteiger partial charge in [0.05, 0.1) is 17.7 Å². The number of ether oxygens (including phenoxy) is 2. The van der Waals surface area contributed by atoms with Crippen molar-refractivity contribution in [2.24, 2.45) is 0 Å². The topological polar surface area (TPSA) is 38.8 Å². The van der Waals surface area contributed by atoms with Crippen LogP contribution in [0.1, 0.15) is 22.3 Å². The molecule has 4 nitrogen and oxygen atoms in total. The number of carbonyl (C=O) groups is 1. The fourth-order valence-electron chi connectivity index (χ4n) is 3.51. The van der Waals surface area contributed by atoms with Gasteiger partial charge in [0, 0.05) is 0 Å². The van der Waals surface area contributed by atoms with Crippen LogP contribution in [0, 0.1) is 13.8 Å². The Labute approximate surface area is 197 Å². The van der Waals surface area contributed by atoms with E-state index in [9.17, 15) is 4.79 Å². The molecule has 6 heteroatoms. The number of rotatable bonds is 6. The van der Waals surface area contributed by atoms with Crippen LogP contribution in [0.5, 0.6) is 11.5 Å². The average molecular weight is 462 g/mol. The lowest BCUT2D eigenvalue weighted by Crippen LogP contribution is -2.28. The SMILES string of the molecule is COc1cc(C=C2SC(=S)N(c3ccc(C)cc3C)C2=O)ccc1OCc1ccccc1. The molecule has 1 saturated heterocycles. The number of thioether (sulfide) groups is 1. The predicted molar refractivity (Wildman–Crippen MR) is 135 cm³/mol. The summed E-state index contributed by atoms with van der Waals surface area (Å²) in [5.41, 5.74) is 4.91. The van der Waals surface area contributed by atoms with Crippen molar-refractivity contribution in [3.8, 4) is 11.5 Å². The van der Waals surface area contributed by atoms with Gasteiger partial charge in [0.2, 0.25) is 0 Å². The first-order valence-electron chi connectivity index (χ1n) is 10.2. The number of aryl methyl sites for hydroxylation is 2. The number of thiocarbonyl (C=S) groups is 1. The Morgan fingerprint density at radius 1 is 1.00 bits per heavy atom. The number of methoxy groups -OCH3 is 1. The quantitative estimate of drug-likeness (QED) is 0.318. The highest BCUT2D eigenvalue weighted by Crippen LogP contribution is 2.38. The Hall–Kier alpha value is -3.09. The van der Waals surface area contributed by atoms with Gasteiger partial charge in [0.25, 0.3) is 5.91 Å².